The molecule has 1 aliphatic rings. The van der Waals surface area contributed by atoms with Crippen molar-refractivity contribution in [2.75, 3.05) is 20.6 Å². The SMILES string of the molecule is CC(Oc1ccc2[nH]nc(-c3nc4c(n3CCN(C)C)CN(C(=O)O)C4)c2c1)c1c(Cl)cncc1Cl. The Hall–Kier alpha value is -3.34. The largest absolute Gasteiger partial charge is 0.486 e. The number of aromatic amines is 1. The zero-order valence-corrected chi connectivity index (χ0v) is 21.5. The molecule has 1 aliphatic heterocycles. The molecule has 4 aromatic rings. The molecule has 188 valence electrons. The third-order valence-electron chi connectivity index (χ3n) is 6.23. The average molecular weight is 530 g/mol. The number of hydrogen-bond acceptors (Lipinski definition) is 6. The number of nitrogens with one attached hydrogen (secondary N) is 1. The standard InChI is InChI=1S/C24H25Cl2N7O3/c1-13(21-16(25)9-27-10-17(21)26)36-14-4-5-18-15(8-14)22(30-29-18)23-28-19-11-32(24(34)35)12-20(19)33(23)7-6-31(2)3/h4-5,8-10,13H,6-7,11-12H2,1-3H3,(H,29,30)(H,34,35). The first-order chi connectivity index (χ1) is 17.2. The molecule has 0 saturated carbocycles. The van der Waals surface area contributed by atoms with Crippen LogP contribution in [0.4, 0.5) is 4.79 Å². The Kier molecular flexibility index (Phi) is 6.50. The number of fused-ring (bicyclic) bond motifs is 2. The van der Waals surface area contributed by atoms with Crippen LogP contribution >= 0.6 is 23.2 Å². The maximum Gasteiger partial charge on any atom is 0.408 e. The van der Waals surface area contributed by atoms with E-state index in [9.17, 15) is 9.90 Å². The molecular weight excluding hydrogens is 505 g/mol. The van der Waals surface area contributed by atoms with Crippen molar-refractivity contribution in [1.82, 2.24) is 34.5 Å². The normalized spacial score (nSPS) is 14.0. The molecular formula is C24H25Cl2N7O3. The molecule has 36 heavy (non-hydrogen) atoms. The van der Waals surface area contributed by atoms with Gasteiger partial charge in [0.2, 0.25) is 0 Å². The molecule has 1 amide bonds. The van der Waals surface area contributed by atoms with Gasteiger partial charge < -0.3 is 19.3 Å². The number of halogens is 2. The van der Waals surface area contributed by atoms with Gasteiger partial charge in [-0.15, -0.1) is 0 Å². The second-order valence-electron chi connectivity index (χ2n) is 8.98. The summed E-state index contributed by atoms with van der Waals surface area (Å²) in [6.45, 7) is 3.85. The molecule has 2 N–H and O–H groups in total. The van der Waals surface area contributed by atoms with Crippen LogP contribution in [0.15, 0.2) is 30.6 Å². The third-order valence-corrected chi connectivity index (χ3v) is 6.84. The minimum absolute atomic E-state index is 0.258. The predicted octanol–water partition coefficient (Wildman–Crippen LogP) is 4.82. The Morgan fingerprint density at radius 1 is 1.25 bits per heavy atom. The van der Waals surface area contributed by atoms with Crippen molar-refractivity contribution in [3.8, 4) is 17.3 Å². The van der Waals surface area contributed by atoms with Crippen LogP contribution in [0.5, 0.6) is 5.75 Å². The van der Waals surface area contributed by atoms with Gasteiger partial charge in [0, 0.05) is 36.4 Å². The summed E-state index contributed by atoms with van der Waals surface area (Å²) in [5.41, 5.74) is 3.83. The lowest BCUT2D eigenvalue weighted by atomic mass is 10.1. The molecule has 0 fully saturated rings. The molecule has 0 bridgehead atoms. The molecule has 5 rings (SSSR count). The van der Waals surface area contributed by atoms with Crippen LogP contribution in [0.1, 0.15) is 30.0 Å². The number of likely N-dealkylation sites (N-methyl/N-ethyl adjacent to an activating group) is 1. The smallest absolute Gasteiger partial charge is 0.408 e. The van der Waals surface area contributed by atoms with Crippen LogP contribution in [0.25, 0.3) is 22.4 Å². The van der Waals surface area contributed by atoms with Crippen LogP contribution < -0.4 is 4.74 Å². The van der Waals surface area contributed by atoms with E-state index in [2.05, 4.69) is 24.6 Å². The van der Waals surface area contributed by atoms with Crippen molar-refractivity contribution >= 4 is 40.2 Å². The molecule has 10 nitrogen and oxygen atoms in total. The molecule has 3 aromatic heterocycles. The van der Waals surface area contributed by atoms with Gasteiger partial charge in [-0.3, -0.25) is 15.0 Å². The van der Waals surface area contributed by atoms with Gasteiger partial charge in [0.15, 0.2) is 5.82 Å². The number of rotatable bonds is 7. The fraction of sp³-hybridized carbons (Fsp3) is 0.333. The van der Waals surface area contributed by atoms with Crippen LogP contribution in [0.3, 0.4) is 0 Å². The maximum absolute atomic E-state index is 11.5. The number of nitrogens with zero attached hydrogens (tertiary/aromatic N) is 6. The molecule has 0 spiro atoms. The topological polar surface area (TPSA) is 112 Å². The number of aromatic nitrogens is 5. The quantitative estimate of drug-likeness (QED) is 0.352. The van der Waals surface area contributed by atoms with Gasteiger partial charge in [0.05, 0.1) is 40.0 Å². The first kappa shape index (κ1) is 24.4. The first-order valence-corrected chi connectivity index (χ1v) is 12.1. The van der Waals surface area contributed by atoms with E-state index in [0.29, 0.717) is 46.0 Å². The number of H-pyrrole nitrogens is 1. The van der Waals surface area contributed by atoms with E-state index in [1.165, 1.54) is 17.3 Å². The van der Waals surface area contributed by atoms with E-state index < -0.39 is 12.2 Å². The monoisotopic (exact) mass is 529 g/mol. The van der Waals surface area contributed by atoms with Gasteiger partial charge in [0.25, 0.3) is 0 Å². The van der Waals surface area contributed by atoms with E-state index in [4.69, 9.17) is 32.9 Å². The van der Waals surface area contributed by atoms with E-state index in [-0.39, 0.29) is 6.54 Å². The van der Waals surface area contributed by atoms with Gasteiger partial charge in [-0.1, -0.05) is 23.2 Å². The summed E-state index contributed by atoms with van der Waals surface area (Å²) in [6, 6.07) is 5.66. The number of benzene rings is 1. The number of hydrogen-bond donors (Lipinski definition) is 2. The zero-order valence-electron chi connectivity index (χ0n) is 20.0. The van der Waals surface area contributed by atoms with Gasteiger partial charge in [-0.25, -0.2) is 9.78 Å². The predicted molar refractivity (Wildman–Crippen MR) is 136 cm³/mol. The summed E-state index contributed by atoms with van der Waals surface area (Å²) in [5, 5.41) is 18.8. The Morgan fingerprint density at radius 3 is 2.69 bits per heavy atom. The Bertz CT molecular complexity index is 1430. The van der Waals surface area contributed by atoms with Crippen LogP contribution in [0, 0.1) is 0 Å². The van der Waals surface area contributed by atoms with Crippen LogP contribution in [0.2, 0.25) is 10.0 Å². The number of imidazole rings is 1. The zero-order chi connectivity index (χ0) is 25.6. The van der Waals surface area contributed by atoms with Crippen molar-refractivity contribution < 1.29 is 14.6 Å². The van der Waals surface area contributed by atoms with E-state index >= 15 is 0 Å². The maximum atomic E-state index is 11.5. The summed E-state index contributed by atoms with van der Waals surface area (Å²) in [7, 11) is 3.99. The Morgan fingerprint density at radius 2 is 2.00 bits per heavy atom. The molecule has 0 aliphatic carbocycles. The number of carboxylic acid groups (broad SMARTS) is 1. The second kappa shape index (κ2) is 9.61. The van der Waals surface area contributed by atoms with E-state index in [1.807, 2.05) is 39.2 Å². The molecule has 1 aromatic carbocycles. The van der Waals surface area contributed by atoms with E-state index in [0.717, 1.165) is 28.8 Å². The highest BCUT2D eigenvalue weighted by Gasteiger charge is 2.31. The molecule has 4 heterocycles. The molecule has 1 unspecified atom stereocenters. The number of carbonyl (C=O) groups is 1. The number of amides is 1. The summed E-state index contributed by atoms with van der Waals surface area (Å²) in [4.78, 5) is 23.8. The van der Waals surface area contributed by atoms with Gasteiger partial charge in [-0.05, 0) is 39.2 Å². The summed E-state index contributed by atoms with van der Waals surface area (Å²) in [6.07, 6.45) is 1.72. The fourth-order valence-corrected chi connectivity index (χ4v) is 5.10. The number of pyridine rings is 1. The van der Waals surface area contributed by atoms with Crippen LogP contribution in [-0.2, 0) is 19.6 Å². The number of ether oxygens (including phenoxy) is 1. The lowest BCUT2D eigenvalue weighted by molar-refractivity contribution is 0.144. The second-order valence-corrected chi connectivity index (χ2v) is 9.79. The molecule has 1 atom stereocenters. The van der Waals surface area contributed by atoms with Crippen LogP contribution in [-0.4, -0.2) is 66.4 Å². The van der Waals surface area contributed by atoms with Crippen molar-refractivity contribution in [3.05, 3.63) is 57.6 Å². The average Bonchev–Trinajstić information content (AvgIpc) is 3.50. The summed E-state index contributed by atoms with van der Waals surface area (Å²) in [5.74, 6) is 1.32. The minimum Gasteiger partial charge on any atom is -0.486 e. The summed E-state index contributed by atoms with van der Waals surface area (Å²) >= 11 is 12.6. The van der Waals surface area contributed by atoms with E-state index in [1.54, 1.807) is 0 Å². The summed E-state index contributed by atoms with van der Waals surface area (Å²) < 4.78 is 8.27. The molecule has 0 saturated heterocycles. The van der Waals surface area contributed by atoms with Crippen molar-refractivity contribution in [2.45, 2.75) is 32.7 Å². The van der Waals surface area contributed by atoms with Crippen molar-refractivity contribution in [1.29, 1.82) is 0 Å². The first-order valence-electron chi connectivity index (χ1n) is 11.4. The third kappa shape index (κ3) is 4.47. The van der Waals surface area contributed by atoms with Gasteiger partial charge >= 0.3 is 6.09 Å². The highest BCUT2D eigenvalue weighted by atomic mass is 35.5. The lowest BCUT2D eigenvalue weighted by Gasteiger charge is -2.18. The molecule has 12 heteroatoms. The minimum atomic E-state index is -0.954. The van der Waals surface area contributed by atoms with Crippen molar-refractivity contribution in [2.24, 2.45) is 0 Å². The van der Waals surface area contributed by atoms with Gasteiger partial charge in [-0.2, -0.15) is 5.10 Å². The Balaban J connectivity index is 1.51. The highest BCUT2D eigenvalue weighted by Crippen LogP contribution is 2.36. The Labute approximate surface area is 217 Å². The molecule has 0 radical (unpaired) electrons. The fourth-order valence-electron chi connectivity index (χ4n) is 4.42. The van der Waals surface area contributed by atoms with Gasteiger partial charge in [0.1, 0.15) is 17.5 Å². The lowest BCUT2D eigenvalue weighted by Crippen LogP contribution is -2.25. The highest BCUT2D eigenvalue weighted by molar-refractivity contribution is 6.35. The van der Waals surface area contributed by atoms with Crippen molar-refractivity contribution in [3.63, 3.8) is 0 Å².